The van der Waals surface area contributed by atoms with Gasteiger partial charge in [0.15, 0.2) is 0 Å². The Labute approximate surface area is 115 Å². The summed E-state index contributed by atoms with van der Waals surface area (Å²) in [6.07, 6.45) is 0.886. The van der Waals surface area contributed by atoms with E-state index >= 15 is 0 Å². The van der Waals surface area contributed by atoms with E-state index in [1.807, 2.05) is 6.92 Å². The number of nitrogens with zero attached hydrogens (tertiary/aromatic N) is 1. The van der Waals surface area contributed by atoms with Gasteiger partial charge in [0, 0.05) is 0 Å². The molecule has 3 saturated heterocycles. The number of hydrogen-bond donors (Lipinski definition) is 0. The second-order valence-corrected chi connectivity index (χ2v) is 8.49. The fourth-order valence-corrected chi connectivity index (χ4v) is 5.70. The Hall–Kier alpha value is 0.480. The molecule has 3 aliphatic rings. The zero-order valence-electron chi connectivity index (χ0n) is 11.1. The molecule has 4 nitrogen and oxygen atoms in total. The Morgan fingerprint density at radius 3 is 2.72 bits per heavy atom. The summed E-state index contributed by atoms with van der Waals surface area (Å²) in [5, 5.41) is 0.143. The van der Waals surface area contributed by atoms with Crippen molar-refractivity contribution in [2.75, 3.05) is 0 Å². The van der Waals surface area contributed by atoms with Crippen LogP contribution in [0.4, 0.5) is 0 Å². The van der Waals surface area contributed by atoms with E-state index in [1.165, 1.54) is 0 Å². The Balaban J connectivity index is 1.93. The van der Waals surface area contributed by atoms with Crippen LogP contribution in [0.3, 0.4) is 0 Å². The second-order valence-electron chi connectivity index (χ2n) is 6.32. The molecule has 6 heteroatoms. The Bertz CT molecular complexity index is 427. The van der Waals surface area contributed by atoms with E-state index in [-0.39, 0.29) is 40.7 Å². The van der Waals surface area contributed by atoms with Gasteiger partial charge in [0.25, 0.3) is 0 Å². The van der Waals surface area contributed by atoms with Gasteiger partial charge in [-0.15, -0.1) is 0 Å². The molecule has 3 rings (SSSR count). The predicted octanol–water partition coefficient (Wildman–Crippen LogP) is 1.86. The summed E-state index contributed by atoms with van der Waals surface area (Å²) >= 11 is 5.96. The second kappa shape index (κ2) is 4.24. The molecule has 104 valence electrons. The third-order valence-electron chi connectivity index (χ3n) is 3.93. The predicted molar refractivity (Wildman–Crippen MR) is 70.7 cm³/mol. The van der Waals surface area contributed by atoms with Crippen LogP contribution < -0.4 is 0 Å². The van der Waals surface area contributed by atoms with Crippen molar-refractivity contribution in [1.29, 1.82) is 0 Å². The fourth-order valence-electron chi connectivity index (χ4n) is 3.46. The number of fused-ring (bicyclic) bond motifs is 1. The van der Waals surface area contributed by atoms with Crippen LogP contribution in [0.15, 0.2) is 0 Å². The molecule has 0 amide bonds. The third kappa shape index (κ3) is 1.83. The van der Waals surface area contributed by atoms with Crippen molar-refractivity contribution in [1.82, 2.24) is 4.31 Å². The molecule has 2 bridgehead atoms. The fraction of sp³-hybridized carbons (Fsp3) is 1.00. The quantitative estimate of drug-likeness (QED) is 0.443. The van der Waals surface area contributed by atoms with Crippen LogP contribution >= 0.6 is 11.6 Å². The van der Waals surface area contributed by atoms with Crippen LogP contribution in [0.2, 0.25) is 0 Å². The Morgan fingerprint density at radius 1 is 1.50 bits per heavy atom. The molecule has 0 N–H and O–H groups in total. The maximum atomic E-state index is 12.6. The van der Waals surface area contributed by atoms with Gasteiger partial charge in [-0.1, -0.05) is 0 Å². The minimum atomic E-state index is -0.974. The first kappa shape index (κ1) is 13.5. The first-order valence-electron chi connectivity index (χ1n) is 6.45. The van der Waals surface area contributed by atoms with Gasteiger partial charge in [0.1, 0.15) is 0 Å². The van der Waals surface area contributed by atoms with Crippen LogP contribution in [0.5, 0.6) is 0 Å². The topological polar surface area (TPSA) is 41.6 Å². The van der Waals surface area contributed by atoms with Crippen LogP contribution in [0.25, 0.3) is 0 Å². The van der Waals surface area contributed by atoms with E-state index in [0.29, 0.717) is 0 Å². The number of alkyl halides is 1. The number of rotatable bonds is 2. The van der Waals surface area contributed by atoms with Gasteiger partial charge >= 0.3 is 115 Å². The average Bonchev–Trinajstić information content (AvgIpc) is 2.78. The summed E-state index contributed by atoms with van der Waals surface area (Å²) in [4.78, 5) is 0. The van der Waals surface area contributed by atoms with Gasteiger partial charge in [-0.05, 0) is 0 Å². The van der Waals surface area contributed by atoms with Crippen LogP contribution in [-0.4, -0.2) is 45.0 Å². The van der Waals surface area contributed by atoms with Gasteiger partial charge in [0.05, 0.1) is 0 Å². The van der Waals surface area contributed by atoms with Gasteiger partial charge in [-0.3, -0.25) is 0 Å². The first-order valence-corrected chi connectivity index (χ1v) is 8.06. The molecule has 3 heterocycles. The van der Waals surface area contributed by atoms with Gasteiger partial charge in [0.2, 0.25) is 0 Å². The first-order chi connectivity index (χ1) is 8.30. The van der Waals surface area contributed by atoms with Crippen LogP contribution in [0, 0.1) is 0 Å². The Kier molecular flexibility index (Phi) is 3.17. The molecule has 6 unspecified atom stereocenters. The van der Waals surface area contributed by atoms with Crippen molar-refractivity contribution < 1.29 is 13.5 Å². The summed E-state index contributed by atoms with van der Waals surface area (Å²) < 4.78 is 26.4. The molecular weight excluding hydrogens is 274 g/mol. The van der Waals surface area contributed by atoms with E-state index < -0.39 is 10.8 Å². The molecule has 0 radical (unpaired) electrons. The number of halogens is 1. The van der Waals surface area contributed by atoms with Crippen molar-refractivity contribution >= 4 is 22.4 Å². The zero-order valence-corrected chi connectivity index (χ0v) is 12.7. The maximum absolute atomic E-state index is 12.6. The monoisotopic (exact) mass is 293 g/mol. The molecular formula is C12H20ClNO3S. The van der Waals surface area contributed by atoms with Crippen molar-refractivity contribution in [3.63, 3.8) is 0 Å². The molecule has 18 heavy (non-hydrogen) atoms. The Morgan fingerprint density at radius 2 is 2.17 bits per heavy atom. The van der Waals surface area contributed by atoms with E-state index in [4.69, 9.17) is 21.1 Å². The molecule has 0 aromatic carbocycles. The summed E-state index contributed by atoms with van der Waals surface area (Å²) in [6.45, 7) is 8.08. The van der Waals surface area contributed by atoms with Crippen LogP contribution in [0.1, 0.15) is 34.1 Å². The summed E-state index contributed by atoms with van der Waals surface area (Å²) in [6, 6.07) is 0.0794. The van der Waals surface area contributed by atoms with Gasteiger partial charge in [-0.2, -0.15) is 0 Å². The molecule has 0 aliphatic carbocycles. The van der Waals surface area contributed by atoms with E-state index in [2.05, 4.69) is 25.1 Å². The van der Waals surface area contributed by atoms with E-state index in [0.717, 1.165) is 6.42 Å². The minimum absolute atomic E-state index is 0.0514. The average molecular weight is 294 g/mol. The third-order valence-corrected chi connectivity index (χ3v) is 6.19. The molecule has 3 fully saturated rings. The van der Waals surface area contributed by atoms with Crippen molar-refractivity contribution in [2.24, 2.45) is 0 Å². The van der Waals surface area contributed by atoms with Gasteiger partial charge < -0.3 is 0 Å². The van der Waals surface area contributed by atoms with E-state index in [9.17, 15) is 4.04 Å². The number of ether oxygens (including phenoxy) is 2. The van der Waals surface area contributed by atoms with E-state index in [1.54, 1.807) is 0 Å². The molecule has 0 aromatic rings. The summed E-state index contributed by atoms with van der Waals surface area (Å²) in [7, 11) is -0.974. The van der Waals surface area contributed by atoms with Crippen LogP contribution in [-0.2, 0) is 24.3 Å². The molecule has 0 spiro atoms. The van der Waals surface area contributed by atoms with Crippen molar-refractivity contribution in [3.8, 4) is 0 Å². The molecule has 0 aromatic heterocycles. The number of hydrogen-bond acceptors (Lipinski definition) is 4. The molecule has 0 saturated carbocycles. The normalized spacial score (nSPS) is 45.9. The van der Waals surface area contributed by atoms with Crippen molar-refractivity contribution in [2.45, 2.75) is 74.8 Å². The molecule has 6 atom stereocenters. The van der Waals surface area contributed by atoms with Crippen molar-refractivity contribution in [3.05, 3.63) is 0 Å². The summed E-state index contributed by atoms with van der Waals surface area (Å²) in [5.74, 6) is 0. The SMILES string of the molecule is CC(Cl)OC1C2CC3C(O2)C1N(C(C)(C)C)[S-]3#[O+]. The summed E-state index contributed by atoms with van der Waals surface area (Å²) in [5.41, 5.74) is -0.491. The zero-order chi connectivity index (χ0) is 13.2. The molecule has 3 aliphatic heterocycles. The van der Waals surface area contributed by atoms with Gasteiger partial charge in [-0.25, -0.2) is 0 Å². The standard InChI is InChI=1S/C12H20ClNO3S/c1-6(13)16-10-7-5-8-11(17-7)9(10)14(18(8)15)12(2,3)4/h6-11H,5H2,1-4H3.